The van der Waals surface area contributed by atoms with E-state index < -0.39 is 0 Å². The van der Waals surface area contributed by atoms with Gasteiger partial charge in [-0.15, -0.1) is 0 Å². The largest absolute Gasteiger partial charge is 0.383 e. The summed E-state index contributed by atoms with van der Waals surface area (Å²) in [6, 6.07) is 0. The van der Waals surface area contributed by atoms with Gasteiger partial charge >= 0.3 is 0 Å². The Kier molecular flexibility index (Phi) is 7.20. The van der Waals surface area contributed by atoms with E-state index in [1.165, 1.54) is 11.3 Å². The van der Waals surface area contributed by atoms with E-state index in [2.05, 4.69) is 22.5 Å². The molecular formula is C12H22N4O2S. The van der Waals surface area contributed by atoms with Crippen LogP contribution in [0.1, 0.15) is 35.9 Å². The minimum absolute atomic E-state index is 0.147. The van der Waals surface area contributed by atoms with Crippen LogP contribution < -0.4 is 16.4 Å². The summed E-state index contributed by atoms with van der Waals surface area (Å²) in [6.45, 7) is 4.02. The zero-order valence-electron chi connectivity index (χ0n) is 11.5. The van der Waals surface area contributed by atoms with Gasteiger partial charge in [0.15, 0.2) is 5.13 Å². The van der Waals surface area contributed by atoms with E-state index in [1.807, 2.05) is 0 Å². The van der Waals surface area contributed by atoms with Crippen molar-refractivity contribution in [2.75, 3.05) is 37.9 Å². The molecular weight excluding hydrogens is 264 g/mol. The van der Waals surface area contributed by atoms with Gasteiger partial charge in [0.1, 0.15) is 10.7 Å². The maximum Gasteiger partial charge on any atom is 0.265 e. The number of aromatic nitrogens is 1. The van der Waals surface area contributed by atoms with Crippen LogP contribution in [0.15, 0.2) is 0 Å². The number of unbranched alkanes of at least 4 members (excludes halogenated alkanes) is 2. The topological polar surface area (TPSA) is 89.3 Å². The predicted molar refractivity (Wildman–Crippen MR) is 78.8 cm³/mol. The predicted octanol–water partition coefficient (Wildman–Crippen LogP) is 1.70. The summed E-state index contributed by atoms with van der Waals surface area (Å²) < 4.78 is 4.93. The van der Waals surface area contributed by atoms with Gasteiger partial charge in [-0.25, -0.2) is 4.98 Å². The number of nitrogens with one attached hydrogen (secondary N) is 2. The second-order valence-corrected chi connectivity index (χ2v) is 5.12. The number of ether oxygens (including phenoxy) is 1. The normalized spacial score (nSPS) is 10.4. The van der Waals surface area contributed by atoms with Crippen molar-refractivity contribution in [3.8, 4) is 0 Å². The van der Waals surface area contributed by atoms with Crippen LogP contribution in [0, 0.1) is 0 Å². The molecule has 1 aromatic heterocycles. The van der Waals surface area contributed by atoms with E-state index in [0.29, 0.717) is 29.7 Å². The van der Waals surface area contributed by atoms with E-state index in [0.717, 1.165) is 19.3 Å². The van der Waals surface area contributed by atoms with Crippen LogP contribution in [0.4, 0.5) is 10.9 Å². The fourth-order valence-corrected chi connectivity index (χ4v) is 2.31. The Labute approximate surface area is 117 Å². The number of anilines is 2. The average Bonchev–Trinajstić information content (AvgIpc) is 2.76. The van der Waals surface area contributed by atoms with Crippen LogP contribution in [0.2, 0.25) is 0 Å². The molecule has 1 amide bonds. The third-order valence-corrected chi connectivity index (χ3v) is 3.54. The molecule has 108 valence electrons. The first-order chi connectivity index (χ1) is 9.19. The number of nitrogens with two attached hydrogens (primary N) is 1. The molecule has 0 saturated heterocycles. The first-order valence-corrected chi connectivity index (χ1v) is 7.28. The molecule has 6 nitrogen and oxygen atoms in total. The zero-order valence-corrected chi connectivity index (χ0v) is 12.3. The number of carbonyl (C=O) groups excluding carboxylic acids is 1. The molecule has 0 aliphatic heterocycles. The summed E-state index contributed by atoms with van der Waals surface area (Å²) in [7, 11) is 1.63. The standard InChI is InChI=1S/C12H22N4O2S/c1-3-4-5-6-14-11(17)9-10(13)16-12(19-9)15-7-8-18-2/h3-8,13H2,1-2H3,(H,14,17)(H,15,16). The van der Waals surface area contributed by atoms with Crippen molar-refractivity contribution in [2.24, 2.45) is 0 Å². The van der Waals surface area contributed by atoms with Gasteiger partial charge in [0.05, 0.1) is 6.61 Å². The zero-order chi connectivity index (χ0) is 14.1. The van der Waals surface area contributed by atoms with Crippen molar-refractivity contribution in [3.63, 3.8) is 0 Å². The second kappa shape index (κ2) is 8.71. The molecule has 0 radical (unpaired) electrons. The van der Waals surface area contributed by atoms with Crippen molar-refractivity contribution < 1.29 is 9.53 Å². The number of hydrogen-bond donors (Lipinski definition) is 3. The summed E-state index contributed by atoms with van der Waals surface area (Å²) in [5, 5.41) is 6.56. The third kappa shape index (κ3) is 5.44. The highest BCUT2D eigenvalue weighted by molar-refractivity contribution is 7.18. The lowest BCUT2D eigenvalue weighted by Crippen LogP contribution is -2.24. The van der Waals surface area contributed by atoms with Gasteiger partial charge < -0.3 is 21.1 Å². The molecule has 0 bridgehead atoms. The highest BCUT2D eigenvalue weighted by atomic mass is 32.1. The SMILES string of the molecule is CCCCCNC(=O)c1sc(NCCOC)nc1N. The number of nitrogen functional groups attached to an aromatic ring is 1. The van der Waals surface area contributed by atoms with Gasteiger partial charge in [-0.2, -0.15) is 0 Å². The maximum absolute atomic E-state index is 11.9. The molecule has 4 N–H and O–H groups in total. The number of amides is 1. The molecule has 0 atom stereocenters. The number of methoxy groups -OCH3 is 1. The molecule has 1 heterocycles. The van der Waals surface area contributed by atoms with Crippen molar-refractivity contribution in [3.05, 3.63) is 4.88 Å². The Hall–Kier alpha value is -1.34. The number of hydrogen-bond acceptors (Lipinski definition) is 6. The van der Waals surface area contributed by atoms with Crippen molar-refractivity contribution in [1.82, 2.24) is 10.3 Å². The highest BCUT2D eigenvalue weighted by Crippen LogP contribution is 2.24. The Morgan fingerprint density at radius 2 is 2.21 bits per heavy atom. The highest BCUT2D eigenvalue weighted by Gasteiger charge is 2.15. The summed E-state index contributed by atoms with van der Waals surface area (Å²) >= 11 is 1.27. The minimum atomic E-state index is -0.147. The summed E-state index contributed by atoms with van der Waals surface area (Å²) in [6.07, 6.45) is 3.23. The van der Waals surface area contributed by atoms with Gasteiger partial charge in [-0.05, 0) is 6.42 Å². The van der Waals surface area contributed by atoms with Gasteiger partial charge in [0.2, 0.25) is 0 Å². The smallest absolute Gasteiger partial charge is 0.265 e. The van der Waals surface area contributed by atoms with Gasteiger partial charge in [0, 0.05) is 20.2 Å². The fraction of sp³-hybridized carbons (Fsp3) is 0.667. The summed E-state index contributed by atoms with van der Waals surface area (Å²) in [5.41, 5.74) is 5.74. The molecule has 0 aliphatic carbocycles. The Morgan fingerprint density at radius 1 is 1.42 bits per heavy atom. The van der Waals surface area contributed by atoms with Crippen molar-refractivity contribution >= 4 is 28.2 Å². The molecule has 1 rings (SSSR count). The van der Waals surface area contributed by atoms with Crippen LogP contribution >= 0.6 is 11.3 Å². The van der Waals surface area contributed by atoms with Crippen molar-refractivity contribution in [1.29, 1.82) is 0 Å². The number of thiazole rings is 1. The lowest BCUT2D eigenvalue weighted by molar-refractivity contribution is 0.0957. The number of carbonyl (C=O) groups is 1. The fourth-order valence-electron chi connectivity index (χ4n) is 1.49. The number of rotatable bonds is 9. The molecule has 0 unspecified atom stereocenters. The molecule has 0 saturated carbocycles. The van der Waals surface area contributed by atoms with Crippen LogP contribution in [0.25, 0.3) is 0 Å². The molecule has 1 aromatic rings. The van der Waals surface area contributed by atoms with E-state index in [-0.39, 0.29) is 11.7 Å². The first-order valence-electron chi connectivity index (χ1n) is 6.46. The van der Waals surface area contributed by atoms with Crippen LogP contribution in [-0.2, 0) is 4.74 Å². The van der Waals surface area contributed by atoms with Gasteiger partial charge in [-0.1, -0.05) is 31.1 Å². The lowest BCUT2D eigenvalue weighted by Gasteiger charge is -2.02. The molecule has 0 fully saturated rings. The van der Waals surface area contributed by atoms with E-state index in [1.54, 1.807) is 7.11 Å². The summed E-state index contributed by atoms with van der Waals surface area (Å²) in [4.78, 5) is 16.5. The maximum atomic E-state index is 11.9. The average molecular weight is 286 g/mol. The quantitative estimate of drug-likeness (QED) is 0.601. The number of nitrogens with zero attached hydrogens (tertiary/aromatic N) is 1. The molecule has 7 heteroatoms. The molecule has 19 heavy (non-hydrogen) atoms. The molecule has 0 spiro atoms. The first kappa shape index (κ1) is 15.7. The Morgan fingerprint density at radius 3 is 2.89 bits per heavy atom. The second-order valence-electron chi connectivity index (χ2n) is 4.12. The lowest BCUT2D eigenvalue weighted by atomic mass is 10.2. The monoisotopic (exact) mass is 286 g/mol. The van der Waals surface area contributed by atoms with Crippen LogP contribution in [0.3, 0.4) is 0 Å². The van der Waals surface area contributed by atoms with Crippen LogP contribution in [0.5, 0.6) is 0 Å². The Balaban J connectivity index is 2.45. The van der Waals surface area contributed by atoms with Crippen LogP contribution in [-0.4, -0.2) is 37.7 Å². The molecule has 0 aromatic carbocycles. The third-order valence-electron chi connectivity index (χ3n) is 2.51. The summed E-state index contributed by atoms with van der Waals surface area (Å²) in [5.74, 6) is 0.129. The van der Waals surface area contributed by atoms with E-state index in [4.69, 9.17) is 10.5 Å². The van der Waals surface area contributed by atoms with E-state index >= 15 is 0 Å². The van der Waals surface area contributed by atoms with Gasteiger partial charge in [-0.3, -0.25) is 4.79 Å². The van der Waals surface area contributed by atoms with Gasteiger partial charge in [0.25, 0.3) is 5.91 Å². The van der Waals surface area contributed by atoms with E-state index in [9.17, 15) is 4.79 Å². The minimum Gasteiger partial charge on any atom is -0.383 e. The Bertz CT molecular complexity index is 395. The molecule has 0 aliphatic rings. The van der Waals surface area contributed by atoms with Crippen molar-refractivity contribution in [2.45, 2.75) is 26.2 Å².